The van der Waals surface area contributed by atoms with Crippen LogP contribution in [0.4, 0.5) is 13.2 Å². The summed E-state index contributed by atoms with van der Waals surface area (Å²) in [6.07, 6.45) is -3.95. The average Bonchev–Trinajstić information content (AvgIpc) is 2.46. The van der Waals surface area contributed by atoms with Gasteiger partial charge in [0.05, 0.1) is 17.3 Å². The zero-order valence-corrected chi connectivity index (χ0v) is 7.67. The fraction of sp³-hybridized carbons (Fsp3) is 0.571. The number of halogens is 3. The van der Waals surface area contributed by atoms with Gasteiger partial charge in [0.2, 0.25) is 0 Å². The Balaban J connectivity index is 3.11. The largest absolute Gasteiger partial charge is 0.427 e. The molecule has 0 aromatic carbocycles. The lowest BCUT2D eigenvalue weighted by atomic mass is 10.3. The molecule has 0 fully saturated rings. The van der Waals surface area contributed by atoms with Crippen molar-refractivity contribution in [3.8, 4) is 0 Å². The van der Waals surface area contributed by atoms with E-state index in [4.69, 9.17) is 5.11 Å². The van der Waals surface area contributed by atoms with Gasteiger partial charge in [0, 0.05) is 0 Å². The van der Waals surface area contributed by atoms with E-state index in [9.17, 15) is 13.2 Å². The van der Waals surface area contributed by atoms with Crippen LogP contribution in [0.1, 0.15) is 22.5 Å². The standard InChI is InChI=1S/C7H8F3NOS/c1-2-5-11-4(3-12)6(13-5)7(8,9)10/h12H,2-3H2,1H3. The Morgan fingerprint density at radius 3 is 2.38 bits per heavy atom. The van der Waals surface area contributed by atoms with E-state index < -0.39 is 17.7 Å². The van der Waals surface area contributed by atoms with E-state index in [1.807, 2.05) is 0 Å². The van der Waals surface area contributed by atoms with Crippen LogP contribution in [0, 0.1) is 0 Å². The molecule has 2 nitrogen and oxygen atoms in total. The van der Waals surface area contributed by atoms with E-state index in [0.29, 0.717) is 22.8 Å². The molecule has 0 aliphatic heterocycles. The van der Waals surface area contributed by atoms with Crippen LogP contribution in [-0.2, 0) is 19.2 Å². The molecule has 0 unspecified atom stereocenters. The third kappa shape index (κ3) is 2.19. The number of hydrogen-bond donors (Lipinski definition) is 1. The van der Waals surface area contributed by atoms with Crippen LogP contribution >= 0.6 is 11.3 Å². The molecule has 0 radical (unpaired) electrons. The number of aryl methyl sites for hydroxylation is 1. The van der Waals surface area contributed by atoms with Gasteiger partial charge in [-0.15, -0.1) is 11.3 Å². The summed E-state index contributed by atoms with van der Waals surface area (Å²) in [5.41, 5.74) is -0.269. The molecular formula is C7H8F3NOS. The number of rotatable bonds is 2. The first kappa shape index (κ1) is 10.5. The van der Waals surface area contributed by atoms with Crippen LogP contribution in [0.5, 0.6) is 0 Å². The summed E-state index contributed by atoms with van der Waals surface area (Å²) in [5, 5.41) is 9.03. The number of nitrogens with zero attached hydrogens (tertiary/aromatic N) is 1. The Morgan fingerprint density at radius 1 is 1.46 bits per heavy atom. The van der Waals surface area contributed by atoms with Gasteiger partial charge in [-0.1, -0.05) is 6.92 Å². The lowest BCUT2D eigenvalue weighted by Gasteiger charge is -2.03. The highest BCUT2D eigenvalue weighted by molar-refractivity contribution is 7.11. The Labute approximate surface area is 77.0 Å². The molecule has 0 atom stereocenters. The van der Waals surface area contributed by atoms with E-state index in [1.165, 1.54) is 0 Å². The number of aliphatic hydroxyl groups is 1. The highest BCUT2D eigenvalue weighted by Crippen LogP contribution is 2.36. The zero-order chi connectivity index (χ0) is 10.1. The first-order valence-corrected chi connectivity index (χ1v) is 4.47. The van der Waals surface area contributed by atoms with Crippen molar-refractivity contribution in [1.82, 2.24) is 4.98 Å². The molecule has 0 bridgehead atoms. The Hall–Kier alpha value is -0.620. The first-order chi connectivity index (χ1) is 5.99. The molecule has 0 spiro atoms. The maximum atomic E-state index is 12.2. The fourth-order valence-corrected chi connectivity index (χ4v) is 1.76. The molecule has 74 valence electrons. The number of hydrogen-bond acceptors (Lipinski definition) is 3. The minimum atomic E-state index is -4.40. The molecule has 13 heavy (non-hydrogen) atoms. The van der Waals surface area contributed by atoms with E-state index in [0.717, 1.165) is 0 Å². The smallest absolute Gasteiger partial charge is 0.390 e. The van der Waals surface area contributed by atoms with Gasteiger partial charge in [0.1, 0.15) is 4.88 Å². The molecule has 0 saturated carbocycles. The minimum Gasteiger partial charge on any atom is -0.390 e. The van der Waals surface area contributed by atoms with Gasteiger partial charge in [-0.3, -0.25) is 0 Å². The zero-order valence-electron chi connectivity index (χ0n) is 6.85. The number of thiazole rings is 1. The van der Waals surface area contributed by atoms with E-state index in [2.05, 4.69) is 4.98 Å². The van der Waals surface area contributed by atoms with Gasteiger partial charge in [-0.25, -0.2) is 4.98 Å². The van der Waals surface area contributed by atoms with Crippen LogP contribution in [0.3, 0.4) is 0 Å². The predicted molar refractivity (Wildman–Crippen MR) is 42.4 cm³/mol. The van der Waals surface area contributed by atoms with Crippen LogP contribution in [0.25, 0.3) is 0 Å². The molecule has 6 heteroatoms. The van der Waals surface area contributed by atoms with E-state index >= 15 is 0 Å². The monoisotopic (exact) mass is 211 g/mol. The summed E-state index contributed by atoms with van der Waals surface area (Å²) < 4.78 is 36.7. The third-order valence-corrected chi connectivity index (χ3v) is 2.74. The molecule has 0 aliphatic carbocycles. The molecule has 1 heterocycles. The van der Waals surface area contributed by atoms with Crippen molar-refractivity contribution in [2.45, 2.75) is 26.1 Å². The predicted octanol–water partition coefficient (Wildman–Crippen LogP) is 2.22. The van der Waals surface area contributed by atoms with E-state index in [1.54, 1.807) is 6.92 Å². The molecule has 1 aromatic rings. The van der Waals surface area contributed by atoms with E-state index in [-0.39, 0.29) is 5.69 Å². The summed E-state index contributed by atoms with van der Waals surface area (Å²) in [4.78, 5) is 2.88. The maximum absolute atomic E-state index is 12.2. The summed E-state index contributed by atoms with van der Waals surface area (Å²) in [6.45, 7) is 1.06. The highest BCUT2D eigenvalue weighted by Gasteiger charge is 2.36. The van der Waals surface area contributed by atoms with Crippen molar-refractivity contribution in [2.75, 3.05) is 0 Å². The van der Waals surface area contributed by atoms with Crippen molar-refractivity contribution >= 4 is 11.3 Å². The summed E-state index contributed by atoms with van der Waals surface area (Å²) in [6, 6.07) is 0. The highest BCUT2D eigenvalue weighted by atomic mass is 32.1. The molecule has 1 aromatic heterocycles. The quantitative estimate of drug-likeness (QED) is 0.813. The fourth-order valence-electron chi connectivity index (χ4n) is 0.881. The Bertz CT molecular complexity index is 294. The van der Waals surface area contributed by atoms with Crippen LogP contribution in [-0.4, -0.2) is 10.1 Å². The number of alkyl halides is 3. The normalized spacial score (nSPS) is 12.1. The molecule has 1 rings (SSSR count). The lowest BCUT2D eigenvalue weighted by molar-refractivity contribution is -0.135. The van der Waals surface area contributed by atoms with Crippen LogP contribution in [0.15, 0.2) is 0 Å². The lowest BCUT2D eigenvalue weighted by Crippen LogP contribution is -2.05. The van der Waals surface area contributed by atoms with Crippen LogP contribution in [0.2, 0.25) is 0 Å². The molecular weight excluding hydrogens is 203 g/mol. The van der Waals surface area contributed by atoms with Crippen molar-refractivity contribution < 1.29 is 18.3 Å². The Morgan fingerprint density at radius 2 is 2.08 bits per heavy atom. The van der Waals surface area contributed by atoms with Crippen molar-refractivity contribution in [1.29, 1.82) is 0 Å². The van der Waals surface area contributed by atoms with Crippen molar-refractivity contribution in [3.05, 3.63) is 15.6 Å². The second kappa shape index (κ2) is 3.63. The number of aliphatic hydroxyl groups excluding tert-OH is 1. The SMILES string of the molecule is CCc1nc(CO)c(C(F)(F)F)s1. The second-order valence-electron chi connectivity index (χ2n) is 2.39. The third-order valence-electron chi connectivity index (χ3n) is 1.45. The molecule has 0 aliphatic rings. The van der Waals surface area contributed by atoms with Crippen molar-refractivity contribution in [3.63, 3.8) is 0 Å². The minimum absolute atomic E-state index is 0.269. The van der Waals surface area contributed by atoms with Gasteiger partial charge in [0.15, 0.2) is 0 Å². The van der Waals surface area contributed by atoms with Gasteiger partial charge in [-0.2, -0.15) is 13.2 Å². The summed E-state index contributed by atoms with van der Waals surface area (Å²) in [5.74, 6) is 0. The van der Waals surface area contributed by atoms with Gasteiger partial charge in [0.25, 0.3) is 0 Å². The summed E-state index contributed by atoms with van der Waals surface area (Å²) >= 11 is 0.595. The van der Waals surface area contributed by atoms with Gasteiger partial charge >= 0.3 is 6.18 Å². The summed E-state index contributed by atoms with van der Waals surface area (Å²) in [7, 11) is 0. The second-order valence-corrected chi connectivity index (χ2v) is 3.48. The topological polar surface area (TPSA) is 33.1 Å². The Kier molecular flexibility index (Phi) is 2.92. The van der Waals surface area contributed by atoms with Crippen LogP contribution < -0.4 is 0 Å². The van der Waals surface area contributed by atoms with Gasteiger partial charge in [-0.05, 0) is 6.42 Å². The average molecular weight is 211 g/mol. The maximum Gasteiger partial charge on any atom is 0.427 e. The molecule has 1 N–H and O–H groups in total. The van der Waals surface area contributed by atoms with Crippen molar-refractivity contribution in [2.24, 2.45) is 0 Å². The molecule has 0 amide bonds. The number of aromatic nitrogens is 1. The first-order valence-electron chi connectivity index (χ1n) is 3.65. The van der Waals surface area contributed by atoms with Gasteiger partial charge < -0.3 is 5.11 Å². The molecule has 0 saturated heterocycles.